The van der Waals surface area contributed by atoms with Crippen molar-refractivity contribution in [3.63, 3.8) is 0 Å². The molecule has 0 aliphatic heterocycles. The highest BCUT2D eigenvalue weighted by molar-refractivity contribution is 6.20. The van der Waals surface area contributed by atoms with E-state index in [4.69, 9.17) is 16.3 Å². The zero-order valence-electron chi connectivity index (χ0n) is 8.48. The molecule has 0 saturated carbocycles. The molecule has 0 heterocycles. The second kappa shape index (κ2) is 7.88. The van der Waals surface area contributed by atoms with E-state index in [-0.39, 0.29) is 0 Å². The average Bonchev–Trinajstić information content (AvgIpc) is 1.97. The molecule has 0 aliphatic carbocycles. The fraction of sp³-hybridized carbons (Fsp3) is 1.00. The Balaban J connectivity index is 3.14. The van der Waals surface area contributed by atoms with Crippen LogP contribution in [0.5, 0.6) is 0 Å². The van der Waals surface area contributed by atoms with Gasteiger partial charge >= 0.3 is 0 Å². The van der Waals surface area contributed by atoms with Crippen LogP contribution in [0.3, 0.4) is 0 Å². The molecule has 2 heteroatoms. The largest absolute Gasteiger partial charge is 0.385 e. The van der Waals surface area contributed by atoms with E-state index in [0.717, 1.165) is 31.8 Å². The van der Waals surface area contributed by atoms with Gasteiger partial charge in [-0.15, -0.1) is 11.6 Å². The highest BCUT2D eigenvalue weighted by Gasteiger charge is 2.06. The Morgan fingerprint density at radius 1 is 1.25 bits per heavy atom. The van der Waals surface area contributed by atoms with Gasteiger partial charge in [0.05, 0.1) is 0 Å². The van der Waals surface area contributed by atoms with Crippen molar-refractivity contribution in [3.8, 4) is 0 Å². The number of hydrogen-bond donors (Lipinski definition) is 0. The predicted molar refractivity (Wildman–Crippen MR) is 54.8 cm³/mol. The molecule has 0 radical (unpaired) electrons. The Kier molecular flexibility index (Phi) is 8.04. The van der Waals surface area contributed by atoms with Crippen LogP contribution < -0.4 is 0 Å². The van der Waals surface area contributed by atoms with Crippen molar-refractivity contribution in [2.24, 2.45) is 5.92 Å². The first kappa shape index (κ1) is 12.2. The topological polar surface area (TPSA) is 9.23 Å². The van der Waals surface area contributed by atoms with Crippen LogP contribution in [0.25, 0.3) is 0 Å². The third kappa shape index (κ3) is 8.35. The third-order valence-corrected chi connectivity index (χ3v) is 2.24. The van der Waals surface area contributed by atoms with E-state index in [1.165, 1.54) is 6.42 Å². The summed E-state index contributed by atoms with van der Waals surface area (Å²) in [6, 6.07) is 0. The second-order valence-electron chi connectivity index (χ2n) is 3.72. The molecule has 0 aliphatic rings. The molecule has 0 aromatic heterocycles. The normalized spacial score (nSPS) is 13.8. The van der Waals surface area contributed by atoms with E-state index < -0.39 is 0 Å². The molecular formula is C10H21ClO. The van der Waals surface area contributed by atoms with Crippen molar-refractivity contribution in [1.29, 1.82) is 0 Å². The van der Waals surface area contributed by atoms with Gasteiger partial charge < -0.3 is 4.74 Å². The summed E-state index contributed by atoms with van der Waals surface area (Å²) in [5.41, 5.74) is 0. The van der Waals surface area contributed by atoms with Crippen molar-refractivity contribution in [1.82, 2.24) is 0 Å². The fourth-order valence-corrected chi connectivity index (χ4v) is 1.75. The standard InChI is InChI=1S/C10H21ClO/c1-9(2)8-10(11)6-4-5-7-12-3/h9-10H,4-8H2,1-3H3. The van der Waals surface area contributed by atoms with Crippen molar-refractivity contribution >= 4 is 11.6 Å². The van der Waals surface area contributed by atoms with E-state index in [1.54, 1.807) is 7.11 Å². The molecule has 0 N–H and O–H groups in total. The molecule has 1 nitrogen and oxygen atoms in total. The lowest BCUT2D eigenvalue weighted by molar-refractivity contribution is 0.192. The third-order valence-electron chi connectivity index (χ3n) is 1.84. The molecule has 1 unspecified atom stereocenters. The molecular weight excluding hydrogens is 172 g/mol. The number of alkyl halides is 1. The van der Waals surface area contributed by atoms with Crippen molar-refractivity contribution in [3.05, 3.63) is 0 Å². The van der Waals surface area contributed by atoms with Crippen LogP contribution in [0.15, 0.2) is 0 Å². The van der Waals surface area contributed by atoms with Crippen molar-refractivity contribution in [2.45, 2.75) is 44.9 Å². The Hall–Kier alpha value is 0.250. The van der Waals surface area contributed by atoms with Gasteiger partial charge in [0.25, 0.3) is 0 Å². The Morgan fingerprint density at radius 3 is 2.42 bits per heavy atom. The van der Waals surface area contributed by atoms with Crippen molar-refractivity contribution in [2.75, 3.05) is 13.7 Å². The number of rotatable bonds is 7. The number of hydrogen-bond acceptors (Lipinski definition) is 1. The molecule has 0 rings (SSSR count). The quantitative estimate of drug-likeness (QED) is 0.444. The Morgan fingerprint density at radius 2 is 1.92 bits per heavy atom. The molecule has 0 spiro atoms. The number of methoxy groups -OCH3 is 1. The van der Waals surface area contributed by atoms with Gasteiger partial charge in [-0.3, -0.25) is 0 Å². The van der Waals surface area contributed by atoms with Crippen LogP contribution in [-0.2, 0) is 4.74 Å². The molecule has 74 valence electrons. The molecule has 0 bridgehead atoms. The molecule has 0 aromatic rings. The molecule has 12 heavy (non-hydrogen) atoms. The van der Waals surface area contributed by atoms with Gasteiger partial charge in [0.1, 0.15) is 0 Å². The monoisotopic (exact) mass is 192 g/mol. The fourth-order valence-electron chi connectivity index (χ4n) is 1.24. The summed E-state index contributed by atoms with van der Waals surface area (Å²) in [4.78, 5) is 0. The van der Waals surface area contributed by atoms with Gasteiger partial charge in [0, 0.05) is 19.1 Å². The highest BCUT2D eigenvalue weighted by Crippen LogP contribution is 2.16. The number of ether oxygens (including phenoxy) is 1. The summed E-state index contributed by atoms with van der Waals surface area (Å²) in [5, 5.41) is 0.363. The maximum absolute atomic E-state index is 6.11. The van der Waals surface area contributed by atoms with E-state index in [0.29, 0.717) is 5.38 Å². The van der Waals surface area contributed by atoms with Gasteiger partial charge in [-0.2, -0.15) is 0 Å². The summed E-state index contributed by atoms with van der Waals surface area (Å²) < 4.78 is 4.96. The van der Waals surface area contributed by atoms with E-state index in [2.05, 4.69) is 13.8 Å². The zero-order valence-corrected chi connectivity index (χ0v) is 9.23. The molecule has 0 saturated heterocycles. The van der Waals surface area contributed by atoms with Gasteiger partial charge in [0.2, 0.25) is 0 Å². The minimum Gasteiger partial charge on any atom is -0.385 e. The van der Waals surface area contributed by atoms with E-state index >= 15 is 0 Å². The lowest BCUT2D eigenvalue weighted by Crippen LogP contribution is -2.03. The van der Waals surface area contributed by atoms with Gasteiger partial charge in [-0.25, -0.2) is 0 Å². The first-order valence-corrected chi connectivity index (χ1v) is 5.23. The Bertz CT molecular complexity index is 93.8. The molecule has 0 amide bonds. The minimum absolute atomic E-state index is 0.363. The summed E-state index contributed by atoms with van der Waals surface area (Å²) >= 11 is 6.11. The molecule has 0 fully saturated rings. The lowest BCUT2D eigenvalue weighted by Gasteiger charge is -2.11. The molecule has 1 atom stereocenters. The SMILES string of the molecule is COCCCCC(Cl)CC(C)C. The maximum atomic E-state index is 6.11. The van der Waals surface area contributed by atoms with Crippen LogP contribution >= 0.6 is 11.6 Å². The number of unbranched alkanes of at least 4 members (excludes halogenated alkanes) is 1. The first-order chi connectivity index (χ1) is 5.66. The smallest absolute Gasteiger partial charge is 0.0462 e. The van der Waals surface area contributed by atoms with E-state index in [9.17, 15) is 0 Å². The van der Waals surface area contributed by atoms with Crippen molar-refractivity contribution < 1.29 is 4.74 Å². The van der Waals surface area contributed by atoms with Gasteiger partial charge in [0.15, 0.2) is 0 Å². The first-order valence-electron chi connectivity index (χ1n) is 4.79. The highest BCUT2D eigenvalue weighted by atomic mass is 35.5. The molecule has 0 aromatic carbocycles. The zero-order chi connectivity index (χ0) is 9.40. The minimum atomic E-state index is 0.363. The number of halogens is 1. The average molecular weight is 193 g/mol. The summed E-state index contributed by atoms with van der Waals surface area (Å²) in [7, 11) is 1.74. The van der Waals surface area contributed by atoms with E-state index in [1.807, 2.05) is 0 Å². The van der Waals surface area contributed by atoms with Crippen LogP contribution in [0, 0.1) is 5.92 Å². The maximum Gasteiger partial charge on any atom is 0.0462 e. The summed E-state index contributed by atoms with van der Waals surface area (Å²) in [6.45, 7) is 5.29. The summed E-state index contributed by atoms with van der Waals surface area (Å²) in [5.74, 6) is 0.718. The van der Waals surface area contributed by atoms with Crippen LogP contribution in [-0.4, -0.2) is 19.1 Å². The van der Waals surface area contributed by atoms with Gasteiger partial charge in [-0.1, -0.05) is 13.8 Å². The van der Waals surface area contributed by atoms with Crippen LogP contribution in [0.4, 0.5) is 0 Å². The van der Waals surface area contributed by atoms with Crippen LogP contribution in [0.2, 0.25) is 0 Å². The predicted octanol–water partition coefficient (Wildman–Crippen LogP) is 3.46. The van der Waals surface area contributed by atoms with Gasteiger partial charge in [-0.05, 0) is 31.6 Å². The summed E-state index contributed by atoms with van der Waals surface area (Å²) in [6.07, 6.45) is 4.59. The Labute approximate surface area is 81.4 Å². The lowest BCUT2D eigenvalue weighted by atomic mass is 10.0. The van der Waals surface area contributed by atoms with Crippen LogP contribution in [0.1, 0.15) is 39.5 Å². The second-order valence-corrected chi connectivity index (χ2v) is 4.33.